The monoisotopic (exact) mass is 306 g/mol. The lowest BCUT2D eigenvalue weighted by Gasteiger charge is -2.05. The average Bonchev–Trinajstić information content (AvgIpc) is 2.44. The average molecular weight is 307 g/mol. The quantitative estimate of drug-likeness (QED) is 0.690. The minimum atomic E-state index is -0.603. The van der Waals surface area contributed by atoms with Crippen LogP contribution in [0.1, 0.15) is 21.9 Å². The molecular formula is C13H11ClN4O3. The fraction of sp³-hybridized carbons (Fsp3) is 0.154. The highest BCUT2D eigenvalue weighted by atomic mass is 35.5. The molecule has 0 radical (unpaired) electrons. The molecule has 7 nitrogen and oxygen atoms in total. The van der Waals surface area contributed by atoms with Crippen LogP contribution in [0.15, 0.2) is 30.5 Å². The maximum Gasteiger partial charge on any atom is 0.287 e. The number of aryl methyl sites for hydroxylation is 1. The van der Waals surface area contributed by atoms with Crippen molar-refractivity contribution in [1.82, 2.24) is 15.3 Å². The summed E-state index contributed by atoms with van der Waals surface area (Å²) in [5, 5.41) is 13.2. The number of amides is 1. The minimum absolute atomic E-state index is 0.0782. The maximum absolute atomic E-state index is 12.0. The van der Waals surface area contributed by atoms with Gasteiger partial charge in [0.15, 0.2) is 0 Å². The topological polar surface area (TPSA) is 98.0 Å². The lowest BCUT2D eigenvalue weighted by atomic mass is 10.2. The van der Waals surface area contributed by atoms with E-state index in [1.807, 2.05) is 0 Å². The zero-order valence-corrected chi connectivity index (χ0v) is 11.8. The summed E-state index contributed by atoms with van der Waals surface area (Å²) in [6.45, 7) is 1.98. The first kappa shape index (κ1) is 14.9. The number of nitrogens with zero attached hydrogens (tertiary/aromatic N) is 3. The number of hydrogen-bond donors (Lipinski definition) is 1. The number of carbonyl (C=O) groups is 1. The number of benzene rings is 1. The molecule has 1 aromatic heterocycles. The first-order valence-electron chi connectivity index (χ1n) is 5.98. The van der Waals surface area contributed by atoms with Gasteiger partial charge in [-0.3, -0.25) is 14.9 Å². The van der Waals surface area contributed by atoms with E-state index in [2.05, 4.69) is 15.3 Å². The fourth-order valence-corrected chi connectivity index (χ4v) is 1.92. The Morgan fingerprint density at radius 2 is 2.19 bits per heavy atom. The van der Waals surface area contributed by atoms with Gasteiger partial charge in [0.05, 0.1) is 17.2 Å². The number of nitro groups is 1. The third kappa shape index (κ3) is 3.73. The Morgan fingerprint density at radius 3 is 2.81 bits per heavy atom. The summed E-state index contributed by atoms with van der Waals surface area (Å²) in [5.74, 6) is 0.225. The second-order valence-electron chi connectivity index (χ2n) is 4.20. The SMILES string of the molecule is Cc1nccc(CNC(=O)c2ccc([N+](=O)[O-])c(Cl)c2)n1. The Kier molecular flexibility index (Phi) is 4.44. The summed E-state index contributed by atoms with van der Waals surface area (Å²) in [6.07, 6.45) is 1.60. The predicted molar refractivity (Wildman–Crippen MR) is 76.0 cm³/mol. The lowest BCUT2D eigenvalue weighted by Crippen LogP contribution is -2.23. The molecule has 0 fully saturated rings. The smallest absolute Gasteiger partial charge is 0.287 e. The van der Waals surface area contributed by atoms with Gasteiger partial charge in [0.25, 0.3) is 11.6 Å². The van der Waals surface area contributed by atoms with Gasteiger partial charge in [-0.2, -0.15) is 0 Å². The summed E-state index contributed by atoms with van der Waals surface area (Å²) >= 11 is 5.76. The van der Waals surface area contributed by atoms with E-state index in [0.717, 1.165) is 0 Å². The van der Waals surface area contributed by atoms with Crippen molar-refractivity contribution < 1.29 is 9.72 Å². The molecule has 1 heterocycles. The molecule has 0 aliphatic carbocycles. The molecule has 0 atom stereocenters. The van der Waals surface area contributed by atoms with Crippen molar-refractivity contribution in [2.75, 3.05) is 0 Å². The number of carbonyl (C=O) groups excluding carboxylic acids is 1. The predicted octanol–water partition coefficient (Wildman–Crippen LogP) is 2.28. The van der Waals surface area contributed by atoms with E-state index in [0.29, 0.717) is 11.5 Å². The van der Waals surface area contributed by atoms with Gasteiger partial charge in [-0.25, -0.2) is 9.97 Å². The van der Waals surface area contributed by atoms with Crippen molar-refractivity contribution in [3.63, 3.8) is 0 Å². The highest BCUT2D eigenvalue weighted by Crippen LogP contribution is 2.24. The molecule has 108 valence electrons. The van der Waals surface area contributed by atoms with E-state index in [1.54, 1.807) is 19.2 Å². The zero-order valence-electron chi connectivity index (χ0n) is 11.0. The van der Waals surface area contributed by atoms with E-state index in [4.69, 9.17) is 11.6 Å². The van der Waals surface area contributed by atoms with Gasteiger partial charge in [-0.15, -0.1) is 0 Å². The van der Waals surface area contributed by atoms with E-state index >= 15 is 0 Å². The van der Waals surface area contributed by atoms with Crippen molar-refractivity contribution in [2.45, 2.75) is 13.5 Å². The molecule has 0 unspecified atom stereocenters. The Balaban J connectivity index is 2.07. The molecule has 8 heteroatoms. The fourth-order valence-electron chi connectivity index (χ4n) is 1.67. The molecule has 0 saturated carbocycles. The summed E-state index contributed by atoms with van der Waals surface area (Å²) in [5.41, 5.74) is 0.680. The van der Waals surface area contributed by atoms with Gasteiger partial charge in [0.2, 0.25) is 0 Å². The van der Waals surface area contributed by atoms with Crippen molar-refractivity contribution in [1.29, 1.82) is 0 Å². The summed E-state index contributed by atoms with van der Waals surface area (Å²) in [4.78, 5) is 30.1. The van der Waals surface area contributed by atoms with E-state index in [9.17, 15) is 14.9 Å². The third-order valence-corrected chi connectivity index (χ3v) is 2.97. The zero-order chi connectivity index (χ0) is 15.4. The van der Waals surface area contributed by atoms with Crippen molar-refractivity contribution >= 4 is 23.2 Å². The van der Waals surface area contributed by atoms with Crippen LogP contribution in [0.5, 0.6) is 0 Å². The first-order chi connectivity index (χ1) is 9.97. The number of nitro benzene ring substituents is 1. The molecule has 0 spiro atoms. The lowest BCUT2D eigenvalue weighted by molar-refractivity contribution is -0.384. The van der Waals surface area contributed by atoms with Crippen LogP contribution in [0, 0.1) is 17.0 Å². The molecule has 1 aromatic carbocycles. The maximum atomic E-state index is 12.0. The highest BCUT2D eigenvalue weighted by molar-refractivity contribution is 6.33. The largest absolute Gasteiger partial charge is 0.346 e. The Hall–Kier alpha value is -2.54. The first-order valence-corrected chi connectivity index (χ1v) is 6.36. The molecular weight excluding hydrogens is 296 g/mol. The van der Waals surface area contributed by atoms with Crippen LogP contribution in [0.4, 0.5) is 5.69 Å². The van der Waals surface area contributed by atoms with Crippen molar-refractivity contribution in [3.05, 3.63) is 62.7 Å². The molecule has 2 rings (SSSR count). The molecule has 0 aliphatic heterocycles. The van der Waals surface area contributed by atoms with Crippen LogP contribution in [-0.4, -0.2) is 20.8 Å². The molecule has 0 aliphatic rings. The standard InChI is InChI=1S/C13H11ClN4O3/c1-8-15-5-4-10(17-8)7-16-13(19)9-2-3-12(18(20)21)11(14)6-9/h2-6H,7H2,1H3,(H,16,19). The van der Waals surface area contributed by atoms with Gasteiger partial charge < -0.3 is 5.32 Å². The normalized spacial score (nSPS) is 10.2. The van der Waals surface area contributed by atoms with Gasteiger partial charge in [-0.05, 0) is 25.1 Å². The number of aromatic nitrogens is 2. The van der Waals surface area contributed by atoms with Crippen LogP contribution in [0.25, 0.3) is 0 Å². The van der Waals surface area contributed by atoms with Crippen LogP contribution in [-0.2, 0) is 6.54 Å². The number of rotatable bonds is 4. The molecule has 1 amide bonds. The summed E-state index contributed by atoms with van der Waals surface area (Å²) < 4.78 is 0. The van der Waals surface area contributed by atoms with Crippen LogP contribution >= 0.6 is 11.6 Å². The van der Waals surface area contributed by atoms with Gasteiger partial charge in [0, 0.05) is 17.8 Å². The van der Waals surface area contributed by atoms with Gasteiger partial charge in [-0.1, -0.05) is 11.6 Å². The second-order valence-corrected chi connectivity index (χ2v) is 4.61. The van der Waals surface area contributed by atoms with Gasteiger partial charge in [0.1, 0.15) is 10.8 Å². The van der Waals surface area contributed by atoms with Crippen LogP contribution < -0.4 is 5.32 Å². The van der Waals surface area contributed by atoms with Crippen molar-refractivity contribution in [2.24, 2.45) is 0 Å². The van der Waals surface area contributed by atoms with E-state index in [-0.39, 0.29) is 28.7 Å². The third-order valence-electron chi connectivity index (χ3n) is 2.67. The Labute approximate surface area is 125 Å². The molecule has 21 heavy (non-hydrogen) atoms. The minimum Gasteiger partial charge on any atom is -0.346 e. The van der Waals surface area contributed by atoms with Crippen LogP contribution in [0.3, 0.4) is 0 Å². The van der Waals surface area contributed by atoms with E-state index in [1.165, 1.54) is 18.2 Å². The molecule has 2 aromatic rings. The number of halogens is 1. The Bertz CT molecular complexity index is 706. The van der Waals surface area contributed by atoms with Gasteiger partial charge >= 0.3 is 0 Å². The van der Waals surface area contributed by atoms with E-state index < -0.39 is 4.92 Å². The Morgan fingerprint density at radius 1 is 1.43 bits per heavy atom. The molecule has 0 saturated heterocycles. The highest BCUT2D eigenvalue weighted by Gasteiger charge is 2.15. The summed E-state index contributed by atoms with van der Waals surface area (Å²) in [7, 11) is 0. The van der Waals surface area contributed by atoms with Crippen molar-refractivity contribution in [3.8, 4) is 0 Å². The summed E-state index contributed by atoms with van der Waals surface area (Å²) in [6, 6.07) is 5.51. The molecule has 1 N–H and O–H groups in total. The number of hydrogen-bond acceptors (Lipinski definition) is 5. The number of nitrogens with one attached hydrogen (secondary N) is 1. The second kappa shape index (κ2) is 6.27. The molecule has 0 bridgehead atoms. The van der Waals surface area contributed by atoms with Crippen LogP contribution in [0.2, 0.25) is 5.02 Å².